The van der Waals surface area contributed by atoms with Gasteiger partial charge in [0, 0.05) is 36.8 Å². The summed E-state index contributed by atoms with van der Waals surface area (Å²) in [6.45, 7) is 7.81. The monoisotopic (exact) mass is 332 g/mol. The summed E-state index contributed by atoms with van der Waals surface area (Å²) in [7, 11) is 0. The SMILES string of the molecule is Cc1cc(=O)n(CCN2CCC[C@H]2c2cc(C(C)C)on2)c(=O)[nH]1. The molecule has 1 saturated heterocycles. The molecule has 3 heterocycles. The fourth-order valence-electron chi connectivity index (χ4n) is 3.24. The lowest BCUT2D eigenvalue weighted by molar-refractivity contribution is 0.233. The highest BCUT2D eigenvalue weighted by Crippen LogP contribution is 2.32. The summed E-state index contributed by atoms with van der Waals surface area (Å²) in [5.74, 6) is 1.20. The number of H-pyrrole nitrogens is 1. The number of nitrogens with one attached hydrogen (secondary N) is 1. The van der Waals surface area contributed by atoms with E-state index in [9.17, 15) is 9.59 Å². The van der Waals surface area contributed by atoms with Crippen LogP contribution >= 0.6 is 0 Å². The molecular formula is C17H24N4O3. The Labute approximate surface area is 140 Å². The van der Waals surface area contributed by atoms with Gasteiger partial charge in [0.1, 0.15) is 11.5 Å². The Morgan fingerprint density at radius 2 is 2.12 bits per heavy atom. The molecule has 0 aliphatic carbocycles. The lowest BCUT2D eigenvalue weighted by Crippen LogP contribution is -2.39. The molecule has 0 saturated carbocycles. The number of aromatic nitrogens is 3. The lowest BCUT2D eigenvalue weighted by atomic mass is 10.1. The Kier molecular flexibility index (Phi) is 4.71. The second-order valence-electron chi connectivity index (χ2n) is 6.75. The summed E-state index contributed by atoms with van der Waals surface area (Å²) in [4.78, 5) is 28.9. The fourth-order valence-corrected chi connectivity index (χ4v) is 3.24. The van der Waals surface area contributed by atoms with Gasteiger partial charge in [0.15, 0.2) is 0 Å². The molecule has 1 fully saturated rings. The zero-order chi connectivity index (χ0) is 17.3. The van der Waals surface area contributed by atoms with Gasteiger partial charge in [-0.25, -0.2) is 4.79 Å². The molecule has 0 aromatic carbocycles. The molecule has 1 aliphatic rings. The van der Waals surface area contributed by atoms with Crippen molar-refractivity contribution >= 4 is 0 Å². The van der Waals surface area contributed by atoms with Crippen molar-refractivity contribution in [1.82, 2.24) is 19.6 Å². The molecule has 1 atom stereocenters. The second kappa shape index (κ2) is 6.76. The molecule has 0 unspecified atom stereocenters. The molecule has 0 spiro atoms. The van der Waals surface area contributed by atoms with Crippen LogP contribution in [0.5, 0.6) is 0 Å². The van der Waals surface area contributed by atoms with Crippen LogP contribution in [-0.4, -0.2) is 32.7 Å². The van der Waals surface area contributed by atoms with E-state index in [4.69, 9.17) is 4.52 Å². The minimum Gasteiger partial charge on any atom is -0.361 e. The number of likely N-dealkylation sites (tertiary alicyclic amines) is 1. The highest BCUT2D eigenvalue weighted by atomic mass is 16.5. The topological polar surface area (TPSA) is 84.1 Å². The van der Waals surface area contributed by atoms with E-state index >= 15 is 0 Å². The molecule has 24 heavy (non-hydrogen) atoms. The normalized spacial score (nSPS) is 18.6. The van der Waals surface area contributed by atoms with E-state index in [1.807, 2.05) is 6.07 Å². The van der Waals surface area contributed by atoms with E-state index in [2.05, 4.69) is 28.9 Å². The van der Waals surface area contributed by atoms with Crippen LogP contribution in [0.3, 0.4) is 0 Å². The van der Waals surface area contributed by atoms with Crippen molar-refractivity contribution in [2.75, 3.05) is 13.1 Å². The Bertz CT molecular complexity index is 786. The first-order chi connectivity index (χ1) is 11.5. The van der Waals surface area contributed by atoms with Gasteiger partial charge in [-0.2, -0.15) is 0 Å². The van der Waals surface area contributed by atoms with Gasteiger partial charge in [-0.1, -0.05) is 19.0 Å². The standard InChI is InChI=1S/C17H24N4O3/c1-11(2)15-10-13(19-24-15)14-5-4-6-20(14)7-8-21-16(22)9-12(3)18-17(21)23/h9-11,14H,4-8H2,1-3H3,(H,18,23)/t14-/m0/s1. The number of aryl methyl sites for hydroxylation is 1. The van der Waals surface area contributed by atoms with Crippen molar-refractivity contribution in [2.45, 2.75) is 52.1 Å². The second-order valence-corrected chi connectivity index (χ2v) is 6.75. The van der Waals surface area contributed by atoms with Crippen molar-refractivity contribution in [3.8, 4) is 0 Å². The van der Waals surface area contributed by atoms with Crippen LogP contribution < -0.4 is 11.2 Å². The molecule has 7 heteroatoms. The van der Waals surface area contributed by atoms with Crippen molar-refractivity contribution < 1.29 is 4.52 Å². The first-order valence-electron chi connectivity index (χ1n) is 8.47. The van der Waals surface area contributed by atoms with Gasteiger partial charge in [0.2, 0.25) is 0 Å². The molecular weight excluding hydrogens is 308 g/mol. The quantitative estimate of drug-likeness (QED) is 0.902. The molecule has 130 valence electrons. The molecule has 3 rings (SSSR count). The molecule has 0 bridgehead atoms. The Balaban J connectivity index is 1.73. The van der Waals surface area contributed by atoms with Crippen LogP contribution in [0.25, 0.3) is 0 Å². The van der Waals surface area contributed by atoms with Crippen LogP contribution in [0.4, 0.5) is 0 Å². The number of nitrogens with zero attached hydrogens (tertiary/aromatic N) is 3. The van der Waals surface area contributed by atoms with E-state index in [0.29, 0.717) is 24.7 Å². The van der Waals surface area contributed by atoms with Crippen molar-refractivity contribution in [1.29, 1.82) is 0 Å². The van der Waals surface area contributed by atoms with E-state index < -0.39 is 0 Å². The number of rotatable bonds is 5. The summed E-state index contributed by atoms with van der Waals surface area (Å²) in [6.07, 6.45) is 2.09. The smallest absolute Gasteiger partial charge is 0.328 e. The number of aromatic amines is 1. The third kappa shape index (κ3) is 3.36. The van der Waals surface area contributed by atoms with Gasteiger partial charge < -0.3 is 9.51 Å². The van der Waals surface area contributed by atoms with Gasteiger partial charge in [0.05, 0.1) is 6.04 Å². The Morgan fingerprint density at radius 3 is 2.79 bits per heavy atom. The summed E-state index contributed by atoms with van der Waals surface area (Å²) in [6, 6.07) is 3.68. The van der Waals surface area contributed by atoms with Gasteiger partial charge in [-0.05, 0) is 26.3 Å². The van der Waals surface area contributed by atoms with E-state index in [1.165, 1.54) is 10.6 Å². The van der Waals surface area contributed by atoms with Crippen molar-refractivity contribution in [2.24, 2.45) is 0 Å². The predicted octanol–water partition coefficient (Wildman–Crippen LogP) is 1.79. The van der Waals surface area contributed by atoms with E-state index in [1.54, 1.807) is 6.92 Å². The van der Waals surface area contributed by atoms with E-state index in [0.717, 1.165) is 30.8 Å². The molecule has 2 aromatic rings. The van der Waals surface area contributed by atoms with Gasteiger partial charge in [-0.3, -0.25) is 14.3 Å². The summed E-state index contributed by atoms with van der Waals surface area (Å²) in [5.41, 5.74) is 0.931. The molecule has 0 radical (unpaired) electrons. The average Bonchev–Trinajstić information content (AvgIpc) is 3.14. The maximum absolute atomic E-state index is 12.0. The first kappa shape index (κ1) is 16.7. The summed E-state index contributed by atoms with van der Waals surface area (Å²) >= 11 is 0. The third-order valence-electron chi connectivity index (χ3n) is 4.59. The number of hydrogen-bond acceptors (Lipinski definition) is 5. The zero-order valence-electron chi connectivity index (χ0n) is 14.4. The minimum atomic E-state index is -0.348. The lowest BCUT2D eigenvalue weighted by Gasteiger charge is -2.22. The highest BCUT2D eigenvalue weighted by molar-refractivity contribution is 5.13. The van der Waals surface area contributed by atoms with Gasteiger partial charge in [0.25, 0.3) is 5.56 Å². The highest BCUT2D eigenvalue weighted by Gasteiger charge is 2.28. The third-order valence-corrected chi connectivity index (χ3v) is 4.59. The largest absolute Gasteiger partial charge is 0.361 e. The summed E-state index contributed by atoms with van der Waals surface area (Å²) < 4.78 is 6.67. The van der Waals surface area contributed by atoms with Crippen LogP contribution in [0.15, 0.2) is 26.2 Å². The summed E-state index contributed by atoms with van der Waals surface area (Å²) in [5, 5.41) is 4.22. The average molecular weight is 332 g/mol. The minimum absolute atomic E-state index is 0.196. The zero-order valence-corrected chi connectivity index (χ0v) is 14.4. The van der Waals surface area contributed by atoms with Crippen LogP contribution in [0, 0.1) is 6.92 Å². The maximum atomic E-state index is 12.0. The van der Waals surface area contributed by atoms with Gasteiger partial charge in [-0.15, -0.1) is 0 Å². The van der Waals surface area contributed by atoms with Gasteiger partial charge >= 0.3 is 5.69 Å². The number of hydrogen-bond donors (Lipinski definition) is 1. The Hall–Kier alpha value is -2.15. The molecule has 0 amide bonds. The molecule has 1 N–H and O–H groups in total. The first-order valence-corrected chi connectivity index (χ1v) is 8.47. The maximum Gasteiger partial charge on any atom is 0.328 e. The van der Waals surface area contributed by atoms with Crippen molar-refractivity contribution in [3.63, 3.8) is 0 Å². The molecule has 1 aliphatic heterocycles. The Morgan fingerprint density at radius 1 is 1.33 bits per heavy atom. The van der Waals surface area contributed by atoms with E-state index in [-0.39, 0.29) is 17.3 Å². The predicted molar refractivity (Wildman–Crippen MR) is 90.2 cm³/mol. The van der Waals surface area contributed by atoms with Crippen molar-refractivity contribution in [3.05, 3.63) is 50.1 Å². The molecule has 7 nitrogen and oxygen atoms in total. The fraction of sp³-hybridized carbons (Fsp3) is 0.588. The van der Waals surface area contributed by atoms with Crippen LogP contribution in [-0.2, 0) is 6.54 Å². The molecule has 2 aromatic heterocycles. The van der Waals surface area contributed by atoms with Crippen LogP contribution in [0.2, 0.25) is 0 Å². The van der Waals surface area contributed by atoms with Crippen LogP contribution in [0.1, 0.15) is 55.8 Å².